The number of ether oxygens (including phenoxy) is 2. The highest BCUT2D eigenvalue weighted by atomic mass is 16.5. The maximum absolute atomic E-state index is 11.7. The lowest BCUT2D eigenvalue weighted by molar-refractivity contribution is -0.144. The average molecular weight is 265 g/mol. The summed E-state index contributed by atoms with van der Waals surface area (Å²) in [7, 11) is 3.91. The van der Waals surface area contributed by atoms with Crippen molar-refractivity contribution in [3.05, 3.63) is 29.8 Å². The topological polar surface area (TPSA) is 38.8 Å². The smallest absolute Gasteiger partial charge is 0.307 e. The molecule has 19 heavy (non-hydrogen) atoms. The van der Waals surface area contributed by atoms with Crippen LogP contribution in [-0.4, -0.2) is 38.2 Å². The van der Waals surface area contributed by atoms with Crippen LogP contribution in [0.25, 0.3) is 0 Å². The average Bonchev–Trinajstić information content (AvgIpc) is 2.37. The Kier molecular flexibility index (Phi) is 6.36. The Morgan fingerprint density at radius 3 is 2.58 bits per heavy atom. The Morgan fingerprint density at radius 2 is 2.00 bits per heavy atom. The molecule has 106 valence electrons. The predicted octanol–water partition coefficient (Wildman–Crippen LogP) is 2.64. The van der Waals surface area contributed by atoms with E-state index in [0.29, 0.717) is 19.6 Å². The van der Waals surface area contributed by atoms with Crippen molar-refractivity contribution in [2.24, 2.45) is 0 Å². The molecule has 0 aromatic heterocycles. The lowest BCUT2D eigenvalue weighted by Crippen LogP contribution is -2.23. The van der Waals surface area contributed by atoms with E-state index in [1.165, 1.54) is 0 Å². The van der Waals surface area contributed by atoms with Crippen LogP contribution in [0.5, 0.6) is 5.75 Å². The third-order valence-corrected chi connectivity index (χ3v) is 2.84. The number of rotatable bonds is 7. The van der Waals surface area contributed by atoms with E-state index in [-0.39, 0.29) is 12.0 Å². The highest BCUT2D eigenvalue weighted by Gasteiger charge is 2.19. The molecule has 0 bridgehead atoms. The van der Waals surface area contributed by atoms with Crippen molar-refractivity contribution < 1.29 is 14.3 Å². The Morgan fingerprint density at radius 1 is 1.26 bits per heavy atom. The first kappa shape index (κ1) is 15.5. The molecule has 0 amide bonds. The van der Waals surface area contributed by atoms with Gasteiger partial charge in [-0.05, 0) is 45.6 Å². The first-order valence-corrected chi connectivity index (χ1v) is 6.63. The molecule has 0 radical (unpaired) electrons. The van der Waals surface area contributed by atoms with Gasteiger partial charge in [0.15, 0.2) is 0 Å². The number of esters is 1. The number of hydrogen-bond donors (Lipinski definition) is 0. The van der Waals surface area contributed by atoms with Crippen molar-refractivity contribution in [1.82, 2.24) is 4.90 Å². The molecule has 0 saturated heterocycles. The zero-order chi connectivity index (χ0) is 14.3. The second-order valence-corrected chi connectivity index (χ2v) is 4.49. The van der Waals surface area contributed by atoms with Crippen LogP contribution in [0.15, 0.2) is 24.3 Å². The maximum Gasteiger partial charge on any atom is 0.307 e. The molecular formula is C15H23NO3. The largest absolute Gasteiger partial charge is 0.494 e. The van der Waals surface area contributed by atoms with Crippen LogP contribution in [0, 0.1) is 0 Å². The minimum absolute atomic E-state index is 0.000504. The fourth-order valence-corrected chi connectivity index (χ4v) is 1.95. The standard InChI is InChI=1S/C15H23NO3/c1-5-18-13-9-7-8-12(10-13)14(16(3)4)11-15(17)19-6-2/h7-10,14H,5-6,11H2,1-4H3. The lowest BCUT2D eigenvalue weighted by atomic mass is 10.0. The van der Waals surface area contributed by atoms with Crippen LogP contribution >= 0.6 is 0 Å². The SMILES string of the molecule is CCOC(=O)CC(c1cccc(OCC)c1)N(C)C. The number of carbonyl (C=O) groups is 1. The molecule has 0 spiro atoms. The van der Waals surface area contributed by atoms with E-state index >= 15 is 0 Å². The minimum Gasteiger partial charge on any atom is -0.494 e. The second-order valence-electron chi connectivity index (χ2n) is 4.49. The van der Waals surface area contributed by atoms with Crippen molar-refractivity contribution in [2.45, 2.75) is 26.3 Å². The monoisotopic (exact) mass is 265 g/mol. The van der Waals surface area contributed by atoms with Gasteiger partial charge in [0, 0.05) is 6.04 Å². The van der Waals surface area contributed by atoms with Crippen LogP contribution in [0.2, 0.25) is 0 Å². The molecule has 0 heterocycles. The number of nitrogens with zero attached hydrogens (tertiary/aromatic N) is 1. The molecular weight excluding hydrogens is 242 g/mol. The molecule has 1 atom stereocenters. The molecule has 4 nitrogen and oxygen atoms in total. The first-order chi connectivity index (χ1) is 9.08. The fourth-order valence-electron chi connectivity index (χ4n) is 1.95. The van der Waals surface area contributed by atoms with Gasteiger partial charge in [-0.1, -0.05) is 12.1 Å². The van der Waals surface area contributed by atoms with Crippen LogP contribution in [0.3, 0.4) is 0 Å². The van der Waals surface area contributed by atoms with E-state index in [4.69, 9.17) is 9.47 Å². The van der Waals surface area contributed by atoms with Crippen molar-refractivity contribution in [3.8, 4) is 5.75 Å². The van der Waals surface area contributed by atoms with Gasteiger partial charge in [0.25, 0.3) is 0 Å². The van der Waals surface area contributed by atoms with Crippen molar-refractivity contribution in [1.29, 1.82) is 0 Å². The molecule has 0 N–H and O–H groups in total. The summed E-state index contributed by atoms with van der Waals surface area (Å²) in [5, 5.41) is 0. The van der Waals surface area contributed by atoms with E-state index in [2.05, 4.69) is 0 Å². The quantitative estimate of drug-likeness (QED) is 0.710. The van der Waals surface area contributed by atoms with Crippen LogP contribution in [0.4, 0.5) is 0 Å². The summed E-state index contributed by atoms with van der Waals surface area (Å²) in [4.78, 5) is 13.7. The normalized spacial score (nSPS) is 12.3. The fraction of sp³-hybridized carbons (Fsp3) is 0.533. The van der Waals surface area contributed by atoms with E-state index < -0.39 is 0 Å². The Balaban J connectivity index is 2.86. The highest BCUT2D eigenvalue weighted by Crippen LogP contribution is 2.25. The Labute approximate surface area is 115 Å². The molecule has 1 rings (SSSR count). The summed E-state index contributed by atoms with van der Waals surface area (Å²) in [5.74, 6) is 0.652. The van der Waals surface area contributed by atoms with Crippen molar-refractivity contribution in [3.63, 3.8) is 0 Å². The Bertz CT molecular complexity index is 404. The third-order valence-electron chi connectivity index (χ3n) is 2.84. The zero-order valence-corrected chi connectivity index (χ0v) is 12.2. The van der Waals surface area contributed by atoms with Gasteiger partial charge in [0.05, 0.1) is 19.6 Å². The molecule has 0 aliphatic carbocycles. The summed E-state index contributed by atoms with van der Waals surface area (Å²) in [6.07, 6.45) is 0.344. The van der Waals surface area contributed by atoms with E-state index in [1.54, 1.807) is 0 Å². The molecule has 1 aromatic rings. The summed E-state index contributed by atoms with van der Waals surface area (Å²) >= 11 is 0. The molecule has 1 unspecified atom stereocenters. The molecule has 0 aliphatic rings. The molecule has 0 fully saturated rings. The van der Waals surface area contributed by atoms with Gasteiger partial charge in [-0.3, -0.25) is 4.79 Å². The van der Waals surface area contributed by atoms with E-state index in [0.717, 1.165) is 11.3 Å². The number of benzene rings is 1. The first-order valence-electron chi connectivity index (χ1n) is 6.63. The van der Waals surface area contributed by atoms with Gasteiger partial charge in [-0.15, -0.1) is 0 Å². The number of hydrogen-bond acceptors (Lipinski definition) is 4. The minimum atomic E-state index is -0.178. The summed E-state index contributed by atoms with van der Waals surface area (Å²) in [6.45, 7) is 4.82. The molecule has 0 aliphatic heterocycles. The summed E-state index contributed by atoms with van der Waals surface area (Å²) in [5.41, 5.74) is 1.06. The number of carbonyl (C=O) groups excluding carboxylic acids is 1. The third kappa shape index (κ3) is 4.91. The van der Waals surface area contributed by atoms with E-state index in [1.807, 2.05) is 57.1 Å². The molecule has 4 heteroatoms. The highest BCUT2D eigenvalue weighted by molar-refractivity contribution is 5.70. The van der Waals surface area contributed by atoms with Crippen LogP contribution < -0.4 is 4.74 Å². The van der Waals surface area contributed by atoms with Crippen molar-refractivity contribution >= 4 is 5.97 Å². The zero-order valence-electron chi connectivity index (χ0n) is 12.2. The van der Waals surface area contributed by atoms with Gasteiger partial charge in [0.1, 0.15) is 5.75 Å². The van der Waals surface area contributed by atoms with Crippen LogP contribution in [0.1, 0.15) is 31.9 Å². The molecule has 1 aromatic carbocycles. The van der Waals surface area contributed by atoms with Gasteiger partial charge in [-0.2, -0.15) is 0 Å². The molecule has 0 saturated carbocycles. The summed E-state index contributed by atoms with van der Waals surface area (Å²) in [6, 6.07) is 7.85. The van der Waals surface area contributed by atoms with Gasteiger partial charge >= 0.3 is 5.97 Å². The Hall–Kier alpha value is -1.55. The van der Waals surface area contributed by atoms with E-state index in [9.17, 15) is 4.79 Å². The maximum atomic E-state index is 11.7. The summed E-state index contributed by atoms with van der Waals surface area (Å²) < 4.78 is 10.5. The predicted molar refractivity (Wildman–Crippen MR) is 75.3 cm³/mol. The van der Waals surface area contributed by atoms with Crippen molar-refractivity contribution in [2.75, 3.05) is 27.3 Å². The lowest BCUT2D eigenvalue weighted by Gasteiger charge is -2.24. The van der Waals surface area contributed by atoms with Crippen LogP contribution in [-0.2, 0) is 9.53 Å². The van der Waals surface area contributed by atoms with Gasteiger partial charge in [-0.25, -0.2) is 0 Å². The second kappa shape index (κ2) is 7.79. The van der Waals surface area contributed by atoms with Gasteiger partial charge < -0.3 is 14.4 Å². The van der Waals surface area contributed by atoms with Gasteiger partial charge in [0.2, 0.25) is 0 Å².